The molecule has 2 heterocycles. The van der Waals surface area contributed by atoms with Gasteiger partial charge in [0.25, 0.3) is 0 Å². The molecular formula is C12H16ClN5. The molecule has 5 nitrogen and oxygen atoms in total. The van der Waals surface area contributed by atoms with E-state index in [2.05, 4.69) is 33.4 Å². The lowest BCUT2D eigenvalue weighted by atomic mass is 10.1. The molecular weight excluding hydrogens is 250 g/mol. The van der Waals surface area contributed by atoms with Crippen LogP contribution in [-0.2, 0) is 0 Å². The predicted molar refractivity (Wildman–Crippen MR) is 70.5 cm³/mol. The molecule has 18 heavy (non-hydrogen) atoms. The van der Waals surface area contributed by atoms with E-state index in [4.69, 9.17) is 16.9 Å². The van der Waals surface area contributed by atoms with Gasteiger partial charge in [0.2, 0.25) is 0 Å². The zero-order chi connectivity index (χ0) is 13.0. The number of nitrogens with one attached hydrogen (secondary N) is 1. The van der Waals surface area contributed by atoms with Crippen LogP contribution in [0, 0.1) is 11.3 Å². The number of halogens is 1. The molecule has 1 saturated heterocycles. The van der Waals surface area contributed by atoms with E-state index in [9.17, 15) is 0 Å². The summed E-state index contributed by atoms with van der Waals surface area (Å²) in [5.74, 6) is 0.532. The molecule has 1 aliphatic heterocycles. The van der Waals surface area contributed by atoms with Gasteiger partial charge in [-0.1, -0.05) is 18.5 Å². The lowest BCUT2D eigenvalue weighted by Gasteiger charge is -2.32. The van der Waals surface area contributed by atoms with Gasteiger partial charge in [-0.3, -0.25) is 0 Å². The summed E-state index contributed by atoms with van der Waals surface area (Å²) in [5, 5.41) is 20.3. The Kier molecular flexibility index (Phi) is 4.34. The number of likely N-dealkylation sites (tertiary alicyclic amines) is 1. The fourth-order valence-corrected chi connectivity index (χ4v) is 2.36. The number of piperidine rings is 1. The van der Waals surface area contributed by atoms with E-state index in [-0.39, 0.29) is 5.15 Å². The number of rotatable bonds is 3. The smallest absolute Gasteiger partial charge is 0.167 e. The van der Waals surface area contributed by atoms with Crippen molar-refractivity contribution >= 4 is 17.4 Å². The van der Waals surface area contributed by atoms with Crippen molar-refractivity contribution in [3.05, 3.63) is 16.8 Å². The number of anilines is 1. The van der Waals surface area contributed by atoms with E-state index in [1.807, 2.05) is 0 Å². The number of nitriles is 1. The van der Waals surface area contributed by atoms with E-state index >= 15 is 0 Å². The molecule has 1 aromatic heterocycles. The average molecular weight is 266 g/mol. The van der Waals surface area contributed by atoms with Crippen LogP contribution >= 0.6 is 11.6 Å². The zero-order valence-electron chi connectivity index (χ0n) is 10.4. The Morgan fingerprint density at radius 2 is 2.44 bits per heavy atom. The maximum absolute atomic E-state index is 9.04. The molecule has 2 rings (SSSR count). The Labute approximate surface area is 112 Å². The summed E-state index contributed by atoms with van der Waals surface area (Å²) in [6.45, 7) is 5.33. The summed E-state index contributed by atoms with van der Waals surface area (Å²) in [7, 11) is 0. The first kappa shape index (κ1) is 13.1. The topological polar surface area (TPSA) is 64.8 Å². The maximum Gasteiger partial charge on any atom is 0.167 e. The van der Waals surface area contributed by atoms with Gasteiger partial charge in [-0.05, 0) is 32.0 Å². The predicted octanol–water partition coefficient (Wildman–Crippen LogP) is 1.90. The second-order valence-electron chi connectivity index (χ2n) is 4.42. The molecule has 0 amide bonds. The summed E-state index contributed by atoms with van der Waals surface area (Å²) >= 11 is 5.72. The van der Waals surface area contributed by atoms with Crippen molar-refractivity contribution in [3.8, 4) is 6.07 Å². The first-order valence-electron chi connectivity index (χ1n) is 6.15. The zero-order valence-corrected chi connectivity index (χ0v) is 11.1. The SMILES string of the molecule is CCN1CCCC(Nc2nnc(Cl)cc2C#N)C1. The van der Waals surface area contributed by atoms with Crippen LogP contribution in [0.25, 0.3) is 0 Å². The fraction of sp³-hybridized carbons (Fsp3) is 0.583. The fourth-order valence-electron chi connectivity index (χ4n) is 2.21. The highest BCUT2D eigenvalue weighted by molar-refractivity contribution is 6.29. The normalized spacial score (nSPS) is 20.4. The molecule has 0 aliphatic carbocycles. The first-order valence-corrected chi connectivity index (χ1v) is 6.53. The molecule has 0 spiro atoms. The van der Waals surface area contributed by atoms with Crippen molar-refractivity contribution in [1.29, 1.82) is 5.26 Å². The van der Waals surface area contributed by atoms with Crippen LogP contribution in [0.15, 0.2) is 6.07 Å². The van der Waals surface area contributed by atoms with Crippen LogP contribution in [0.1, 0.15) is 25.3 Å². The van der Waals surface area contributed by atoms with Crippen molar-refractivity contribution in [3.63, 3.8) is 0 Å². The summed E-state index contributed by atoms with van der Waals surface area (Å²) in [6.07, 6.45) is 2.25. The van der Waals surface area contributed by atoms with Crippen molar-refractivity contribution in [2.24, 2.45) is 0 Å². The number of likely N-dealkylation sites (N-methyl/N-ethyl adjacent to an activating group) is 1. The van der Waals surface area contributed by atoms with Crippen molar-refractivity contribution in [2.45, 2.75) is 25.8 Å². The van der Waals surface area contributed by atoms with Crippen molar-refractivity contribution < 1.29 is 0 Å². The maximum atomic E-state index is 9.04. The molecule has 1 fully saturated rings. The Balaban J connectivity index is 2.07. The van der Waals surface area contributed by atoms with Gasteiger partial charge in [0.15, 0.2) is 11.0 Å². The highest BCUT2D eigenvalue weighted by atomic mass is 35.5. The highest BCUT2D eigenvalue weighted by Crippen LogP contribution is 2.18. The first-order chi connectivity index (χ1) is 8.72. The van der Waals surface area contributed by atoms with Crippen LogP contribution < -0.4 is 5.32 Å². The minimum Gasteiger partial charge on any atom is -0.363 e. The number of hydrogen-bond acceptors (Lipinski definition) is 5. The van der Waals surface area contributed by atoms with Crippen molar-refractivity contribution in [1.82, 2.24) is 15.1 Å². The van der Waals surface area contributed by atoms with Crippen LogP contribution in [0.3, 0.4) is 0 Å². The van der Waals surface area contributed by atoms with Gasteiger partial charge in [0.1, 0.15) is 6.07 Å². The van der Waals surface area contributed by atoms with Crippen LogP contribution in [0.2, 0.25) is 5.15 Å². The molecule has 0 radical (unpaired) electrons. The quantitative estimate of drug-likeness (QED) is 0.904. The number of aromatic nitrogens is 2. The van der Waals surface area contributed by atoms with Gasteiger partial charge in [-0.25, -0.2) is 0 Å². The van der Waals surface area contributed by atoms with Gasteiger partial charge in [-0.15, -0.1) is 10.2 Å². The summed E-state index contributed by atoms with van der Waals surface area (Å²) in [6, 6.07) is 3.95. The molecule has 6 heteroatoms. The summed E-state index contributed by atoms with van der Waals surface area (Å²) < 4.78 is 0. The van der Waals surface area contributed by atoms with Gasteiger partial charge in [-0.2, -0.15) is 5.26 Å². The number of nitrogens with zero attached hydrogens (tertiary/aromatic N) is 4. The Morgan fingerprint density at radius 3 is 3.17 bits per heavy atom. The lowest BCUT2D eigenvalue weighted by Crippen LogP contribution is -2.42. The van der Waals surface area contributed by atoms with E-state index in [0.717, 1.165) is 32.5 Å². The molecule has 1 N–H and O–H groups in total. The Morgan fingerprint density at radius 1 is 1.61 bits per heavy atom. The molecule has 96 valence electrons. The third-order valence-electron chi connectivity index (χ3n) is 3.18. The Hall–Kier alpha value is -1.38. The minimum atomic E-state index is 0.246. The van der Waals surface area contributed by atoms with Gasteiger partial charge < -0.3 is 10.2 Å². The van der Waals surface area contributed by atoms with Gasteiger partial charge in [0, 0.05) is 12.6 Å². The standard InChI is InChI=1S/C12H16ClN5/c1-2-18-5-3-4-10(8-18)15-12-9(7-14)6-11(13)16-17-12/h6,10H,2-5,8H2,1H3,(H,15,17). The van der Waals surface area contributed by atoms with Gasteiger partial charge >= 0.3 is 0 Å². The Bertz CT molecular complexity index is 456. The highest BCUT2D eigenvalue weighted by Gasteiger charge is 2.20. The molecule has 1 aliphatic rings. The molecule has 1 atom stereocenters. The molecule has 1 unspecified atom stereocenters. The van der Waals surface area contributed by atoms with Gasteiger partial charge in [0.05, 0.1) is 5.56 Å². The third kappa shape index (κ3) is 3.09. The summed E-state index contributed by atoms with van der Waals surface area (Å²) in [4.78, 5) is 2.39. The van der Waals surface area contributed by atoms with E-state index in [1.165, 1.54) is 6.07 Å². The van der Waals surface area contributed by atoms with Crippen LogP contribution in [0.4, 0.5) is 5.82 Å². The second-order valence-corrected chi connectivity index (χ2v) is 4.81. The lowest BCUT2D eigenvalue weighted by molar-refractivity contribution is 0.226. The minimum absolute atomic E-state index is 0.246. The molecule has 1 aromatic rings. The third-order valence-corrected chi connectivity index (χ3v) is 3.36. The van der Waals surface area contributed by atoms with Crippen LogP contribution in [-0.4, -0.2) is 40.8 Å². The van der Waals surface area contributed by atoms with Crippen LogP contribution in [0.5, 0.6) is 0 Å². The molecule has 0 bridgehead atoms. The second kappa shape index (κ2) is 5.98. The monoisotopic (exact) mass is 265 g/mol. The van der Waals surface area contributed by atoms with E-state index < -0.39 is 0 Å². The summed E-state index contributed by atoms with van der Waals surface area (Å²) in [5.41, 5.74) is 0.448. The molecule has 0 saturated carbocycles. The number of hydrogen-bond donors (Lipinski definition) is 1. The average Bonchev–Trinajstić information content (AvgIpc) is 2.41. The largest absolute Gasteiger partial charge is 0.363 e. The van der Waals surface area contributed by atoms with E-state index in [1.54, 1.807) is 0 Å². The van der Waals surface area contributed by atoms with E-state index in [0.29, 0.717) is 17.4 Å². The van der Waals surface area contributed by atoms with Crippen molar-refractivity contribution in [2.75, 3.05) is 25.0 Å². The molecule has 0 aromatic carbocycles.